The molecule has 0 bridgehead atoms. The van der Waals surface area contributed by atoms with Gasteiger partial charge < -0.3 is 5.32 Å². The first-order chi connectivity index (χ1) is 9.33. The molecule has 5 heteroatoms. The van der Waals surface area contributed by atoms with Crippen molar-refractivity contribution in [2.24, 2.45) is 0 Å². The van der Waals surface area contributed by atoms with Gasteiger partial charge in [-0.15, -0.1) is 0 Å². The van der Waals surface area contributed by atoms with Crippen molar-refractivity contribution in [3.63, 3.8) is 0 Å². The maximum absolute atomic E-state index is 12.6. The molecule has 0 fully saturated rings. The van der Waals surface area contributed by atoms with Gasteiger partial charge in [-0.25, -0.2) is 0 Å². The van der Waals surface area contributed by atoms with E-state index in [1.54, 1.807) is 13.8 Å². The highest BCUT2D eigenvalue weighted by Crippen LogP contribution is 2.21. The number of nitrogens with one attached hydrogen (secondary N) is 1. The molecule has 1 rings (SSSR count). The number of hydrogen-bond donors (Lipinski definition) is 1. The third-order valence-electron chi connectivity index (χ3n) is 3.25. The van der Waals surface area contributed by atoms with Crippen molar-refractivity contribution in [3.05, 3.63) is 35.4 Å². The lowest BCUT2D eigenvalue weighted by Gasteiger charge is -2.28. The molecule has 0 atom stereocenters. The average molecular weight is 288 g/mol. The standard InChI is InChI=1S/C15H23F3N2/c1-12(2)20(11-15(16,17)18)10-14-7-5-4-6-13(14)8-9-19-3/h4-7,12,19H,8-11H2,1-3H3. The second kappa shape index (κ2) is 7.64. The van der Waals surface area contributed by atoms with Crippen molar-refractivity contribution in [2.75, 3.05) is 20.1 Å². The first-order valence-corrected chi connectivity index (χ1v) is 6.85. The van der Waals surface area contributed by atoms with E-state index >= 15 is 0 Å². The van der Waals surface area contributed by atoms with Crippen molar-refractivity contribution in [2.45, 2.75) is 39.0 Å². The van der Waals surface area contributed by atoms with Crippen LogP contribution >= 0.6 is 0 Å². The van der Waals surface area contributed by atoms with Crippen molar-refractivity contribution >= 4 is 0 Å². The van der Waals surface area contributed by atoms with Gasteiger partial charge in [0.1, 0.15) is 0 Å². The first-order valence-electron chi connectivity index (χ1n) is 6.85. The number of nitrogens with zero attached hydrogens (tertiary/aromatic N) is 1. The van der Waals surface area contributed by atoms with Crippen LogP contribution in [0.3, 0.4) is 0 Å². The van der Waals surface area contributed by atoms with Gasteiger partial charge >= 0.3 is 6.18 Å². The zero-order valence-electron chi connectivity index (χ0n) is 12.3. The minimum Gasteiger partial charge on any atom is -0.319 e. The van der Waals surface area contributed by atoms with Gasteiger partial charge in [0.05, 0.1) is 6.54 Å². The van der Waals surface area contributed by atoms with E-state index in [4.69, 9.17) is 0 Å². The molecule has 1 N–H and O–H groups in total. The van der Waals surface area contributed by atoms with E-state index in [2.05, 4.69) is 5.32 Å². The molecule has 0 aliphatic heterocycles. The number of rotatable bonds is 7. The van der Waals surface area contributed by atoms with E-state index in [0.29, 0.717) is 6.54 Å². The second-order valence-electron chi connectivity index (χ2n) is 5.24. The van der Waals surface area contributed by atoms with Crippen LogP contribution in [0.15, 0.2) is 24.3 Å². The molecule has 114 valence electrons. The summed E-state index contributed by atoms with van der Waals surface area (Å²) in [5.74, 6) is 0. The molecule has 0 aliphatic rings. The Morgan fingerprint density at radius 1 is 1.15 bits per heavy atom. The maximum atomic E-state index is 12.6. The largest absolute Gasteiger partial charge is 0.401 e. The highest BCUT2D eigenvalue weighted by molar-refractivity contribution is 5.27. The number of halogens is 3. The first kappa shape index (κ1) is 17.0. The van der Waals surface area contributed by atoms with Gasteiger partial charge in [-0.1, -0.05) is 24.3 Å². The van der Waals surface area contributed by atoms with E-state index in [1.807, 2.05) is 31.3 Å². The molecule has 0 heterocycles. The molecular weight excluding hydrogens is 265 g/mol. The zero-order valence-corrected chi connectivity index (χ0v) is 12.3. The van der Waals surface area contributed by atoms with Gasteiger partial charge in [-0.2, -0.15) is 13.2 Å². The Hall–Kier alpha value is -1.07. The molecule has 0 unspecified atom stereocenters. The highest BCUT2D eigenvalue weighted by atomic mass is 19.4. The molecule has 20 heavy (non-hydrogen) atoms. The number of benzene rings is 1. The van der Waals surface area contributed by atoms with E-state index in [-0.39, 0.29) is 6.04 Å². The van der Waals surface area contributed by atoms with Crippen LogP contribution in [0.4, 0.5) is 13.2 Å². The summed E-state index contributed by atoms with van der Waals surface area (Å²) >= 11 is 0. The number of likely N-dealkylation sites (N-methyl/N-ethyl adjacent to an activating group) is 1. The molecule has 2 nitrogen and oxygen atoms in total. The third kappa shape index (κ3) is 5.92. The van der Waals surface area contributed by atoms with Crippen molar-refractivity contribution < 1.29 is 13.2 Å². The predicted molar refractivity (Wildman–Crippen MR) is 75.7 cm³/mol. The van der Waals surface area contributed by atoms with E-state index in [0.717, 1.165) is 24.1 Å². The van der Waals surface area contributed by atoms with Crippen LogP contribution in [0.2, 0.25) is 0 Å². The van der Waals surface area contributed by atoms with Gasteiger partial charge in [0.15, 0.2) is 0 Å². The summed E-state index contributed by atoms with van der Waals surface area (Å²) in [6.45, 7) is 3.87. The van der Waals surface area contributed by atoms with E-state index in [1.165, 1.54) is 4.90 Å². The monoisotopic (exact) mass is 288 g/mol. The zero-order chi connectivity index (χ0) is 15.2. The third-order valence-corrected chi connectivity index (χ3v) is 3.25. The summed E-state index contributed by atoms with van der Waals surface area (Å²) in [7, 11) is 1.87. The Labute approximate surface area is 119 Å². The van der Waals surface area contributed by atoms with Crippen LogP contribution in [0.25, 0.3) is 0 Å². The van der Waals surface area contributed by atoms with Crippen LogP contribution in [0, 0.1) is 0 Å². The Bertz CT molecular complexity index is 402. The molecule has 0 aliphatic carbocycles. The SMILES string of the molecule is CNCCc1ccccc1CN(CC(F)(F)F)C(C)C. The Balaban J connectivity index is 2.82. The van der Waals surface area contributed by atoms with Crippen molar-refractivity contribution in [1.29, 1.82) is 0 Å². The average Bonchev–Trinajstić information content (AvgIpc) is 2.35. The van der Waals surface area contributed by atoms with Gasteiger partial charge in [-0.3, -0.25) is 4.90 Å². The summed E-state index contributed by atoms with van der Waals surface area (Å²) < 4.78 is 37.9. The van der Waals surface area contributed by atoms with Crippen LogP contribution in [0.5, 0.6) is 0 Å². The molecule has 0 radical (unpaired) electrons. The van der Waals surface area contributed by atoms with Gasteiger partial charge in [0, 0.05) is 12.6 Å². The van der Waals surface area contributed by atoms with Crippen molar-refractivity contribution in [1.82, 2.24) is 10.2 Å². The minimum atomic E-state index is -4.16. The minimum absolute atomic E-state index is 0.144. The van der Waals surface area contributed by atoms with Crippen LogP contribution in [0.1, 0.15) is 25.0 Å². The second-order valence-corrected chi connectivity index (χ2v) is 5.24. The Morgan fingerprint density at radius 3 is 2.25 bits per heavy atom. The quantitative estimate of drug-likeness (QED) is 0.828. The van der Waals surface area contributed by atoms with Crippen LogP contribution < -0.4 is 5.32 Å². The smallest absolute Gasteiger partial charge is 0.319 e. The lowest BCUT2D eigenvalue weighted by molar-refractivity contribution is -0.150. The summed E-state index contributed by atoms with van der Waals surface area (Å²) in [6.07, 6.45) is -3.34. The van der Waals surface area contributed by atoms with Crippen LogP contribution in [-0.2, 0) is 13.0 Å². The fraction of sp³-hybridized carbons (Fsp3) is 0.600. The molecule has 0 saturated carbocycles. The number of alkyl halides is 3. The van der Waals surface area contributed by atoms with Crippen molar-refractivity contribution in [3.8, 4) is 0 Å². The Kier molecular flexibility index (Phi) is 6.49. The molecule has 1 aromatic rings. The molecule has 1 aromatic carbocycles. The summed E-state index contributed by atoms with van der Waals surface area (Å²) in [5.41, 5.74) is 2.08. The Morgan fingerprint density at radius 2 is 1.75 bits per heavy atom. The molecule has 0 spiro atoms. The number of hydrogen-bond acceptors (Lipinski definition) is 2. The lowest BCUT2D eigenvalue weighted by Crippen LogP contribution is -2.38. The van der Waals surface area contributed by atoms with Gasteiger partial charge in [0.2, 0.25) is 0 Å². The van der Waals surface area contributed by atoms with E-state index < -0.39 is 12.7 Å². The molecule has 0 amide bonds. The maximum Gasteiger partial charge on any atom is 0.401 e. The molecular formula is C15H23F3N2. The fourth-order valence-electron chi connectivity index (χ4n) is 2.09. The summed E-state index contributed by atoms with van der Waals surface area (Å²) in [5, 5.41) is 3.06. The van der Waals surface area contributed by atoms with Gasteiger partial charge in [0.25, 0.3) is 0 Å². The normalized spacial score (nSPS) is 12.4. The predicted octanol–water partition coefficient (Wildman–Crippen LogP) is 3.22. The van der Waals surface area contributed by atoms with E-state index in [9.17, 15) is 13.2 Å². The fourth-order valence-corrected chi connectivity index (χ4v) is 2.09. The highest BCUT2D eigenvalue weighted by Gasteiger charge is 2.31. The van der Waals surface area contributed by atoms with Crippen LogP contribution in [-0.4, -0.2) is 37.3 Å². The summed E-state index contributed by atoms with van der Waals surface area (Å²) in [4.78, 5) is 1.46. The molecule has 0 saturated heterocycles. The molecule has 0 aromatic heterocycles. The summed E-state index contributed by atoms with van der Waals surface area (Å²) in [6, 6.07) is 7.56. The topological polar surface area (TPSA) is 15.3 Å². The lowest BCUT2D eigenvalue weighted by atomic mass is 10.0. The van der Waals surface area contributed by atoms with Gasteiger partial charge in [-0.05, 0) is 45.0 Å².